The minimum atomic E-state index is -0.543. The fourth-order valence-corrected chi connectivity index (χ4v) is 3.22. The normalized spacial score (nSPS) is 17.6. The molecule has 1 aliphatic rings. The van der Waals surface area contributed by atoms with Gasteiger partial charge in [-0.25, -0.2) is 4.68 Å². The van der Waals surface area contributed by atoms with E-state index in [1.54, 1.807) is 17.8 Å². The lowest BCUT2D eigenvalue weighted by Crippen LogP contribution is -2.39. The van der Waals surface area contributed by atoms with Gasteiger partial charge >= 0.3 is 0 Å². The molecule has 0 N–H and O–H groups in total. The van der Waals surface area contributed by atoms with Crippen LogP contribution in [-0.4, -0.2) is 55.1 Å². The summed E-state index contributed by atoms with van der Waals surface area (Å²) in [5.74, 6) is 1.65. The highest BCUT2D eigenvalue weighted by atomic mass is 16.5. The van der Waals surface area contributed by atoms with Gasteiger partial charge in [-0.2, -0.15) is 4.98 Å². The summed E-state index contributed by atoms with van der Waals surface area (Å²) in [5.41, 5.74) is 0.540. The molecule has 0 aliphatic carbocycles. The first-order chi connectivity index (χ1) is 13.6. The molecule has 28 heavy (non-hydrogen) atoms. The average molecular weight is 382 g/mol. The van der Waals surface area contributed by atoms with Gasteiger partial charge in [-0.05, 0) is 25.5 Å². The van der Waals surface area contributed by atoms with Crippen molar-refractivity contribution in [3.8, 4) is 17.3 Å². The molecule has 3 aromatic rings. The molecule has 1 saturated heterocycles. The van der Waals surface area contributed by atoms with E-state index < -0.39 is 6.10 Å². The summed E-state index contributed by atoms with van der Waals surface area (Å²) in [6, 6.07) is 9.42. The third-order valence-electron chi connectivity index (χ3n) is 4.77. The van der Waals surface area contributed by atoms with Crippen LogP contribution in [0.1, 0.15) is 32.1 Å². The second-order valence-electron chi connectivity index (χ2n) is 6.75. The van der Waals surface area contributed by atoms with Gasteiger partial charge in [0.15, 0.2) is 17.6 Å². The third-order valence-corrected chi connectivity index (χ3v) is 4.77. The van der Waals surface area contributed by atoms with Gasteiger partial charge in [0.1, 0.15) is 5.75 Å². The van der Waals surface area contributed by atoms with Gasteiger partial charge in [-0.1, -0.05) is 35.5 Å². The molecule has 0 bridgehead atoms. The number of para-hydroxylation sites is 1. The largest absolute Gasteiger partial charge is 0.481 e. The molecule has 0 radical (unpaired) electrons. The zero-order valence-corrected chi connectivity index (χ0v) is 15.9. The number of hydrogen-bond donors (Lipinski definition) is 0. The van der Waals surface area contributed by atoms with Crippen LogP contribution in [0.15, 0.2) is 41.1 Å². The molecule has 2 aromatic heterocycles. The smallest absolute Gasteiger partial charge is 0.280 e. The molecule has 2 atom stereocenters. The van der Waals surface area contributed by atoms with E-state index in [4.69, 9.17) is 9.26 Å². The molecule has 9 nitrogen and oxygen atoms in total. The van der Waals surface area contributed by atoms with E-state index in [0.717, 1.165) is 6.42 Å². The molecule has 1 fully saturated rings. The van der Waals surface area contributed by atoms with E-state index in [1.807, 2.05) is 42.2 Å². The molecular formula is C19H22N6O3. The first-order valence-corrected chi connectivity index (χ1v) is 9.39. The number of aromatic nitrogens is 5. The predicted molar refractivity (Wildman–Crippen MR) is 99.5 cm³/mol. The van der Waals surface area contributed by atoms with Gasteiger partial charge < -0.3 is 14.2 Å². The lowest BCUT2D eigenvalue weighted by molar-refractivity contribution is -0.136. The zero-order valence-electron chi connectivity index (χ0n) is 15.9. The Hall–Kier alpha value is -3.23. The van der Waals surface area contributed by atoms with E-state index >= 15 is 0 Å². The van der Waals surface area contributed by atoms with E-state index in [2.05, 4.69) is 20.5 Å². The van der Waals surface area contributed by atoms with Crippen LogP contribution in [0.5, 0.6) is 5.75 Å². The fourth-order valence-electron chi connectivity index (χ4n) is 3.22. The number of hydrogen-bond acceptors (Lipinski definition) is 7. The SMILES string of the molecule is CCc1noc(-c2cn([C@@H]3CCN(C(=O)[C@H](C)Oc4ccccc4)C3)nn2)n1. The Morgan fingerprint density at radius 3 is 2.93 bits per heavy atom. The van der Waals surface area contributed by atoms with Gasteiger partial charge in [0.25, 0.3) is 11.8 Å². The number of ether oxygens (including phenoxy) is 1. The number of aryl methyl sites for hydroxylation is 1. The van der Waals surface area contributed by atoms with Gasteiger partial charge in [0.05, 0.1) is 12.2 Å². The summed E-state index contributed by atoms with van der Waals surface area (Å²) in [6.07, 6.45) is 2.74. The van der Waals surface area contributed by atoms with Crippen molar-refractivity contribution in [2.45, 2.75) is 38.8 Å². The number of nitrogens with zero attached hydrogens (tertiary/aromatic N) is 6. The minimum absolute atomic E-state index is 0.0313. The Morgan fingerprint density at radius 1 is 1.36 bits per heavy atom. The molecular weight excluding hydrogens is 360 g/mol. The van der Waals surface area contributed by atoms with Crippen LogP contribution in [0, 0.1) is 0 Å². The summed E-state index contributed by atoms with van der Waals surface area (Å²) in [5, 5.41) is 12.2. The van der Waals surface area contributed by atoms with Crippen LogP contribution in [0.3, 0.4) is 0 Å². The first kappa shape index (κ1) is 18.1. The molecule has 1 aromatic carbocycles. The van der Waals surface area contributed by atoms with Gasteiger partial charge in [-0.3, -0.25) is 4.79 Å². The molecule has 3 heterocycles. The van der Waals surface area contributed by atoms with E-state index in [0.29, 0.717) is 42.7 Å². The van der Waals surface area contributed by atoms with Crippen molar-refractivity contribution in [3.05, 3.63) is 42.4 Å². The molecule has 1 amide bonds. The number of rotatable bonds is 6. The van der Waals surface area contributed by atoms with Gasteiger partial charge in [-0.15, -0.1) is 5.10 Å². The number of benzene rings is 1. The quantitative estimate of drug-likeness (QED) is 0.644. The standard InChI is InChI=1S/C19H22N6O3/c1-3-17-20-18(28-22-17)16-12-25(23-21-16)14-9-10-24(11-14)19(26)13(2)27-15-7-5-4-6-8-15/h4-8,12-14H,3,9-11H2,1-2H3/t13-,14+/m0/s1. The van der Waals surface area contributed by atoms with Crippen LogP contribution in [0.2, 0.25) is 0 Å². The number of amides is 1. The summed E-state index contributed by atoms with van der Waals surface area (Å²) in [6.45, 7) is 4.95. The second kappa shape index (κ2) is 7.79. The summed E-state index contributed by atoms with van der Waals surface area (Å²) >= 11 is 0. The monoisotopic (exact) mass is 382 g/mol. The highest BCUT2D eigenvalue weighted by molar-refractivity contribution is 5.81. The topological polar surface area (TPSA) is 99.2 Å². The molecule has 4 rings (SSSR count). The maximum absolute atomic E-state index is 12.7. The molecule has 0 unspecified atom stereocenters. The zero-order chi connectivity index (χ0) is 19.5. The van der Waals surface area contributed by atoms with E-state index in [1.165, 1.54) is 0 Å². The average Bonchev–Trinajstić information content (AvgIpc) is 3.47. The molecule has 9 heteroatoms. The van der Waals surface area contributed by atoms with E-state index in [9.17, 15) is 4.79 Å². The first-order valence-electron chi connectivity index (χ1n) is 9.39. The van der Waals surface area contributed by atoms with Crippen molar-refractivity contribution >= 4 is 5.91 Å². The van der Waals surface area contributed by atoms with Gasteiger partial charge in [0.2, 0.25) is 0 Å². The van der Waals surface area contributed by atoms with Crippen LogP contribution in [0.4, 0.5) is 0 Å². The third kappa shape index (κ3) is 3.73. The van der Waals surface area contributed by atoms with Crippen molar-refractivity contribution in [1.29, 1.82) is 0 Å². The maximum atomic E-state index is 12.7. The Bertz CT molecular complexity index is 938. The summed E-state index contributed by atoms with van der Waals surface area (Å²) in [4.78, 5) is 18.8. The van der Waals surface area contributed by atoms with Crippen LogP contribution in [-0.2, 0) is 11.2 Å². The minimum Gasteiger partial charge on any atom is -0.481 e. The summed E-state index contributed by atoms with van der Waals surface area (Å²) in [7, 11) is 0. The Morgan fingerprint density at radius 2 is 2.18 bits per heavy atom. The highest BCUT2D eigenvalue weighted by Crippen LogP contribution is 2.24. The number of likely N-dealkylation sites (tertiary alicyclic amines) is 1. The Balaban J connectivity index is 1.38. The van der Waals surface area contributed by atoms with Crippen LogP contribution in [0.25, 0.3) is 11.6 Å². The number of carbonyl (C=O) groups excluding carboxylic acids is 1. The van der Waals surface area contributed by atoms with Crippen molar-refractivity contribution < 1.29 is 14.1 Å². The number of carbonyl (C=O) groups is 1. The molecule has 0 saturated carbocycles. The van der Waals surface area contributed by atoms with Crippen molar-refractivity contribution in [1.82, 2.24) is 30.0 Å². The fraction of sp³-hybridized carbons (Fsp3) is 0.421. The Kier molecular flexibility index (Phi) is 5.05. The molecule has 146 valence electrons. The van der Waals surface area contributed by atoms with E-state index in [-0.39, 0.29) is 11.9 Å². The van der Waals surface area contributed by atoms with Crippen LogP contribution < -0.4 is 4.74 Å². The van der Waals surface area contributed by atoms with Crippen LogP contribution >= 0.6 is 0 Å². The molecule has 1 aliphatic heterocycles. The lowest BCUT2D eigenvalue weighted by atomic mass is 10.3. The molecule has 0 spiro atoms. The Labute approximate surface area is 162 Å². The summed E-state index contributed by atoms with van der Waals surface area (Å²) < 4.78 is 12.7. The highest BCUT2D eigenvalue weighted by Gasteiger charge is 2.31. The lowest BCUT2D eigenvalue weighted by Gasteiger charge is -2.21. The maximum Gasteiger partial charge on any atom is 0.280 e. The second-order valence-corrected chi connectivity index (χ2v) is 6.75. The van der Waals surface area contributed by atoms with Crippen molar-refractivity contribution in [2.24, 2.45) is 0 Å². The van der Waals surface area contributed by atoms with Crippen molar-refractivity contribution in [3.63, 3.8) is 0 Å². The van der Waals surface area contributed by atoms with Gasteiger partial charge in [0, 0.05) is 19.5 Å². The predicted octanol–water partition coefficient (Wildman–Crippen LogP) is 2.13. The van der Waals surface area contributed by atoms with Crippen molar-refractivity contribution in [2.75, 3.05) is 13.1 Å².